The van der Waals surface area contributed by atoms with E-state index in [9.17, 15) is 5.11 Å². The normalized spacial score (nSPS) is 22.0. The van der Waals surface area contributed by atoms with Crippen LogP contribution in [0.15, 0.2) is 24.3 Å². The highest BCUT2D eigenvalue weighted by atomic mass is 16.5. The summed E-state index contributed by atoms with van der Waals surface area (Å²) in [6, 6.07) is 8.32. The van der Waals surface area contributed by atoms with Crippen molar-refractivity contribution in [1.82, 2.24) is 0 Å². The van der Waals surface area contributed by atoms with Gasteiger partial charge < -0.3 is 9.84 Å². The van der Waals surface area contributed by atoms with Crippen molar-refractivity contribution >= 4 is 0 Å². The van der Waals surface area contributed by atoms with Crippen molar-refractivity contribution < 1.29 is 9.84 Å². The van der Waals surface area contributed by atoms with Gasteiger partial charge in [-0.3, -0.25) is 0 Å². The lowest BCUT2D eigenvalue weighted by Crippen LogP contribution is -2.41. The molecule has 0 bridgehead atoms. The molecule has 0 aromatic heterocycles. The summed E-state index contributed by atoms with van der Waals surface area (Å²) in [6.45, 7) is 15.0. The molecule has 0 aliphatic carbocycles. The fourth-order valence-corrected chi connectivity index (χ4v) is 4.00. The second-order valence-corrected chi connectivity index (χ2v) is 8.28. The van der Waals surface area contributed by atoms with Crippen LogP contribution in [0.5, 0.6) is 11.5 Å². The third kappa shape index (κ3) is 2.58. The highest BCUT2D eigenvalue weighted by molar-refractivity contribution is 5.51. The lowest BCUT2D eigenvalue weighted by Gasteiger charge is -2.45. The summed E-state index contributed by atoms with van der Waals surface area (Å²) in [5.41, 5.74) is 6.38. The van der Waals surface area contributed by atoms with E-state index in [-0.39, 0.29) is 5.41 Å². The highest BCUT2D eigenvalue weighted by Crippen LogP contribution is 2.51. The van der Waals surface area contributed by atoms with Crippen molar-refractivity contribution in [2.24, 2.45) is 0 Å². The van der Waals surface area contributed by atoms with E-state index in [0.717, 1.165) is 23.3 Å². The Kier molecular flexibility index (Phi) is 3.71. The van der Waals surface area contributed by atoms with Gasteiger partial charge in [0, 0.05) is 17.5 Å². The largest absolute Gasteiger partial charge is 0.508 e. The molecule has 1 atom stereocenters. The number of rotatable bonds is 1. The number of hydrogen-bond donors (Lipinski definition) is 1. The molecule has 2 nitrogen and oxygen atoms in total. The van der Waals surface area contributed by atoms with Crippen LogP contribution in [0.4, 0.5) is 0 Å². The predicted molar refractivity (Wildman–Crippen MR) is 99.1 cm³/mol. The Hall–Kier alpha value is -1.96. The molecule has 3 rings (SSSR count). The zero-order valence-corrected chi connectivity index (χ0v) is 15.9. The molecule has 1 aliphatic heterocycles. The average molecular weight is 324 g/mol. The number of ether oxygens (including phenoxy) is 1. The van der Waals surface area contributed by atoms with Gasteiger partial charge in [-0.1, -0.05) is 19.9 Å². The third-order valence-electron chi connectivity index (χ3n) is 5.62. The van der Waals surface area contributed by atoms with Crippen LogP contribution >= 0.6 is 0 Å². The zero-order chi connectivity index (χ0) is 17.9. The van der Waals surface area contributed by atoms with Gasteiger partial charge in [-0.05, 0) is 80.5 Å². The molecule has 0 radical (unpaired) electrons. The van der Waals surface area contributed by atoms with Gasteiger partial charge in [-0.2, -0.15) is 0 Å². The quantitative estimate of drug-likeness (QED) is 0.739. The first kappa shape index (κ1) is 16.9. The van der Waals surface area contributed by atoms with E-state index in [0.29, 0.717) is 5.75 Å². The lowest BCUT2D eigenvalue weighted by molar-refractivity contribution is 0.0303. The van der Waals surface area contributed by atoms with Crippen LogP contribution in [-0.4, -0.2) is 5.11 Å². The summed E-state index contributed by atoms with van der Waals surface area (Å²) < 4.78 is 6.49. The van der Waals surface area contributed by atoms with Crippen LogP contribution in [0.25, 0.3) is 0 Å². The molecule has 128 valence electrons. The number of phenols is 1. The van der Waals surface area contributed by atoms with Gasteiger partial charge in [0.2, 0.25) is 0 Å². The van der Waals surface area contributed by atoms with Crippen molar-refractivity contribution in [2.75, 3.05) is 0 Å². The molecule has 1 N–H and O–H groups in total. The van der Waals surface area contributed by atoms with Crippen LogP contribution in [0, 0.1) is 27.7 Å². The van der Waals surface area contributed by atoms with Gasteiger partial charge in [0.05, 0.1) is 0 Å². The van der Waals surface area contributed by atoms with Gasteiger partial charge in [0.1, 0.15) is 17.1 Å². The minimum absolute atomic E-state index is 0.0218. The van der Waals surface area contributed by atoms with E-state index in [1.54, 1.807) is 0 Å². The molecule has 1 aliphatic rings. The molecule has 1 heterocycles. The Balaban J connectivity index is 2.17. The Morgan fingerprint density at radius 1 is 0.792 bits per heavy atom. The van der Waals surface area contributed by atoms with Gasteiger partial charge in [0.25, 0.3) is 0 Å². The van der Waals surface area contributed by atoms with Crippen LogP contribution in [-0.2, 0) is 11.0 Å². The van der Waals surface area contributed by atoms with E-state index in [1.807, 2.05) is 13.0 Å². The summed E-state index contributed by atoms with van der Waals surface area (Å²) in [4.78, 5) is 0. The maximum absolute atomic E-state index is 10.6. The van der Waals surface area contributed by atoms with Crippen molar-refractivity contribution in [3.8, 4) is 11.5 Å². The molecular weight excluding hydrogens is 296 g/mol. The summed E-state index contributed by atoms with van der Waals surface area (Å²) in [6.07, 6.45) is 0.825. The lowest BCUT2D eigenvalue weighted by atomic mass is 9.70. The molecule has 24 heavy (non-hydrogen) atoms. The zero-order valence-electron chi connectivity index (χ0n) is 15.9. The first-order valence-corrected chi connectivity index (χ1v) is 8.65. The smallest absolute Gasteiger partial charge is 0.136 e. The van der Waals surface area contributed by atoms with Crippen LogP contribution in [0.3, 0.4) is 0 Å². The molecule has 0 fully saturated rings. The fourth-order valence-electron chi connectivity index (χ4n) is 4.00. The number of aromatic hydroxyl groups is 1. The summed E-state index contributed by atoms with van der Waals surface area (Å²) in [5.74, 6) is 1.26. The van der Waals surface area contributed by atoms with Crippen LogP contribution in [0.2, 0.25) is 0 Å². The molecule has 0 unspecified atom stereocenters. The number of hydrogen-bond acceptors (Lipinski definition) is 2. The van der Waals surface area contributed by atoms with Crippen molar-refractivity contribution in [3.63, 3.8) is 0 Å². The second-order valence-electron chi connectivity index (χ2n) is 8.28. The standard InChI is InChI=1S/C22H28O2/c1-13-8-17(19(23)10-15(13)3)22(7)12-21(5,6)18-9-14(2)16(4)11-20(18)24-22/h8-11,23H,12H2,1-7H3/t22-/m0/s1. The summed E-state index contributed by atoms with van der Waals surface area (Å²) in [5, 5.41) is 10.6. The summed E-state index contributed by atoms with van der Waals surface area (Å²) >= 11 is 0. The first-order valence-electron chi connectivity index (χ1n) is 8.65. The second kappa shape index (κ2) is 5.27. The van der Waals surface area contributed by atoms with Crippen molar-refractivity contribution in [3.05, 3.63) is 57.6 Å². The van der Waals surface area contributed by atoms with Crippen molar-refractivity contribution in [2.45, 2.75) is 65.9 Å². The first-order chi connectivity index (χ1) is 11.0. The Bertz CT molecular complexity index is 817. The van der Waals surface area contributed by atoms with Crippen LogP contribution < -0.4 is 4.74 Å². The topological polar surface area (TPSA) is 29.5 Å². The van der Waals surface area contributed by atoms with E-state index >= 15 is 0 Å². The van der Waals surface area contributed by atoms with E-state index in [4.69, 9.17) is 4.74 Å². The molecule has 2 aromatic carbocycles. The fraction of sp³-hybridized carbons (Fsp3) is 0.455. The molecule has 0 amide bonds. The molecule has 2 heteroatoms. The van der Waals surface area contributed by atoms with Gasteiger partial charge in [0.15, 0.2) is 0 Å². The number of aryl methyl sites for hydroxylation is 4. The average Bonchev–Trinajstić information content (AvgIpc) is 2.44. The predicted octanol–water partition coefficient (Wildman–Crippen LogP) is 5.60. The maximum Gasteiger partial charge on any atom is 0.136 e. The summed E-state index contributed by atoms with van der Waals surface area (Å²) in [7, 11) is 0. The molecule has 2 aromatic rings. The van der Waals surface area contributed by atoms with Gasteiger partial charge in [-0.15, -0.1) is 0 Å². The van der Waals surface area contributed by atoms with E-state index in [2.05, 4.69) is 59.7 Å². The number of fused-ring (bicyclic) bond motifs is 1. The Morgan fingerprint density at radius 2 is 1.29 bits per heavy atom. The van der Waals surface area contributed by atoms with Gasteiger partial charge >= 0.3 is 0 Å². The third-order valence-corrected chi connectivity index (χ3v) is 5.62. The maximum atomic E-state index is 10.6. The van der Waals surface area contributed by atoms with Crippen molar-refractivity contribution in [1.29, 1.82) is 0 Å². The molecule has 0 spiro atoms. The van der Waals surface area contributed by atoms with E-state index in [1.165, 1.54) is 22.3 Å². The minimum Gasteiger partial charge on any atom is -0.508 e. The molecule has 0 saturated heterocycles. The monoisotopic (exact) mass is 324 g/mol. The molecule has 0 saturated carbocycles. The minimum atomic E-state index is -0.541. The SMILES string of the molecule is Cc1cc(O)c([C@]2(C)CC(C)(C)c3cc(C)c(C)cc3O2)cc1C. The number of phenolic OH excluding ortho intramolecular Hbond substituents is 1. The van der Waals surface area contributed by atoms with Gasteiger partial charge in [-0.25, -0.2) is 0 Å². The number of benzene rings is 2. The van der Waals surface area contributed by atoms with Crippen LogP contribution in [0.1, 0.15) is 60.6 Å². The Labute approximate surface area is 145 Å². The highest BCUT2D eigenvalue weighted by Gasteiger charge is 2.44. The molecular formula is C22H28O2. The Morgan fingerprint density at radius 3 is 1.92 bits per heavy atom. The van der Waals surface area contributed by atoms with E-state index < -0.39 is 5.60 Å².